The molecule has 7 nitrogen and oxygen atoms in total. The SMILES string of the molecule is CC(CCC(=O)O)NC(=O)CC1CS(=O)(=O)CCN1. The second-order valence-corrected chi connectivity index (χ2v) is 7.10. The zero-order valence-corrected chi connectivity index (χ0v) is 11.7. The molecule has 1 amide bonds. The van der Waals surface area contributed by atoms with Crippen molar-refractivity contribution in [2.75, 3.05) is 18.1 Å². The van der Waals surface area contributed by atoms with Gasteiger partial charge < -0.3 is 15.7 Å². The summed E-state index contributed by atoms with van der Waals surface area (Å²) in [6.45, 7) is 2.10. The number of aliphatic carboxylic acids is 1. The molecule has 2 atom stereocenters. The van der Waals surface area contributed by atoms with Gasteiger partial charge in [0, 0.05) is 31.5 Å². The quantitative estimate of drug-likeness (QED) is 0.587. The lowest BCUT2D eigenvalue weighted by Crippen LogP contribution is -2.48. The molecule has 0 saturated carbocycles. The summed E-state index contributed by atoms with van der Waals surface area (Å²) in [5.74, 6) is -1.07. The summed E-state index contributed by atoms with van der Waals surface area (Å²) in [4.78, 5) is 22.1. The van der Waals surface area contributed by atoms with Crippen molar-refractivity contribution in [3.63, 3.8) is 0 Å². The Balaban J connectivity index is 2.32. The number of amides is 1. The predicted octanol–water partition coefficient (Wildman–Crippen LogP) is -0.867. The first kappa shape index (κ1) is 15.9. The number of hydrogen-bond donors (Lipinski definition) is 3. The Morgan fingerprint density at radius 1 is 1.47 bits per heavy atom. The molecule has 0 spiro atoms. The maximum Gasteiger partial charge on any atom is 0.303 e. The maximum atomic E-state index is 11.7. The summed E-state index contributed by atoms with van der Waals surface area (Å²) in [6, 6.07) is -0.589. The first-order chi connectivity index (χ1) is 8.78. The Kier molecular flexibility index (Phi) is 5.74. The molecular weight excluding hydrogens is 272 g/mol. The topological polar surface area (TPSA) is 113 Å². The minimum absolute atomic E-state index is 0.00248. The van der Waals surface area contributed by atoms with Crippen molar-refractivity contribution in [3.8, 4) is 0 Å². The number of rotatable bonds is 6. The average Bonchev–Trinajstić information content (AvgIpc) is 2.24. The monoisotopic (exact) mass is 292 g/mol. The fraction of sp³-hybridized carbons (Fsp3) is 0.818. The van der Waals surface area contributed by atoms with Crippen LogP contribution in [0.4, 0.5) is 0 Å². The van der Waals surface area contributed by atoms with Crippen LogP contribution >= 0.6 is 0 Å². The molecule has 1 saturated heterocycles. The molecule has 1 aliphatic rings. The highest BCUT2D eigenvalue weighted by Gasteiger charge is 2.26. The summed E-state index contributed by atoms with van der Waals surface area (Å²) in [5.41, 5.74) is 0. The molecule has 1 fully saturated rings. The third-order valence-corrected chi connectivity index (χ3v) is 4.67. The van der Waals surface area contributed by atoms with Crippen molar-refractivity contribution in [3.05, 3.63) is 0 Å². The summed E-state index contributed by atoms with van der Waals surface area (Å²) >= 11 is 0. The highest BCUT2D eigenvalue weighted by atomic mass is 32.2. The van der Waals surface area contributed by atoms with Gasteiger partial charge in [-0.3, -0.25) is 9.59 Å². The fourth-order valence-corrected chi connectivity index (χ4v) is 3.41. The number of nitrogens with one attached hydrogen (secondary N) is 2. The zero-order chi connectivity index (χ0) is 14.5. The number of hydrogen-bond acceptors (Lipinski definition) is 5. The summed E-state index contributed by atoms with van der Waals surface area (Å²) < 4.78 is 22.8. The van der Waals surface area contributed by atoms with E-state index in [0.717, 1.165) is 0 Å². The highest BCUT2D eigenvalue weighted by Crippen LogP contribution is 2.05. The molecule has 0 radical (unpaired) electrons. The van der Waals surface area contributed by atoms with Crippen LogP contribution in [0.3, 0.4) is 0 Å². The average molecular weight is 292 g/mol. The number of carbonyl (C=O) groups is 2. The van der Waals surface area contributed by atoms with Gasteiger partial charge in [0.1, 0.15) is 0 Å². The van der Waals surface area contributed by atoms with Gasteiger partial charge in [-0.1, -0.05) is 0 Å². The van der Waals surface area contributed by atoms with Gasteiger partial charge in [-0.2, -0.15) is 0 Å². The molecule has 1 rings (SSSR count). The minimum Gasteiger partial charge on any atom is -0.481 e. The van der Waals surface area contributed by atoms with E-state index in [1.54, 1.807) is 6.92 Å². The Morgan fingerprint density at radius 2 is 2.16 bits per heavy atom. The van der Waals surface area contributed by atoms with E-state index in [2.05, 4.69) is 10.6 Å². The zero-order valence-electron chi connectivity index (χ0n) is 10.9. The molecule has 0 aromatic rings. The van der Waals surface area contributed by atoms with E-state index in [9.17, 15) is 18.0 Å². The van der Waals surface area contributed by atoms with Gasteiger partial charge in [-0.25, -0.2) is 8.42 Å². The van der Waals surface area contributed by atoms with E-state index in [1.807, 2.05) is 0 Å². The van der Waals surface area contributed by atoms with Crippen LogP contribution in [0.25, 0.3) is 0 Å². The summed E-state index contributed by atoms with van der Waals surface area (Å²) in [7, 11) is -3.05. The van der Waals surface area contributed by atoms with Crippen LogP contribution in [0.1, 0.15) is 26.2 Å². The maximum absolute atomic E-state index is 11.7. The first-order valence-corrected chi connectivity index (χ1v) is 8.05. The minimum atomic E-state index is -3.05. The Bertz CT molecular complexity index is 434. The number of carbonyl (C=O) groups excluding carboxylic acids is 1. The van der Waals surface area contributed by atoms with Crippen molar-refractivity contribution < 1.29 is 23.1 Å². The van der Waals surface area contributed by atoms with Crippen LogP contribution in [0.15, 0.2) is 0 Å². The number of carboxylic acid groups (broad SMARTS) is 1. The summed E-state index contributed by atoms with van der Waals surface area (Å²) in [6.07, 6.45) is 0.450. The molecule has 0 bridgehead atoms. The molecule has 8 heteroatoms. The Labute approximate surface area is 112 Å². The number of sulfone groups is 1. The van der Waals surface area contributed by atoms with Gasteiger partial charge in [0.15, 0.2) is 9.84 Å². The van der Waals surface area contributed by atoms with E-state index in [-0.39, 0.29) is 42.3 Å². The number of carboxylic acids is 1. The predicted molar refractivity (Wildman–Crippen MR) is 69.5 cm³/mol. The Hall–Kier alpha value is -1.15. The van der Waals surface area contributed by atoms with Crippen LogP contribution in [0, 0.1) is 0 Å². The standard InChI is InChI=1S/C11H20N2O5S/c1-8(2-3-11(15)16)13-10(14)6-9-7-19(17,18)5-4-12-9/h8-9,12H,2-7H2,1H3,(H,13,14)(H,15,16). The van der Waals surface area contributed by atoms with Gasteiger partial charge in [-0.15, -0.1) is 0 Å². The van der Waals surface area contributed by atoms with Crippen LogP contribution < -0.4 is 10.6 Å². The third kappa shape index (κ3) is 6.53. The van der Waals surface area contributed by atoms with Gasteiger partial charge in [0.05, 0.1) is 11.5 Å². The van der Waals surface area contributed by atoms with Crippen molar-refractivity contribution >= 4 is 21.7 Å². The van der Waals surface area contributed by atoms with Gasteiger partial charge >= 0.3 is 5.97 Å². The van der Waals surface area contributed by atoms with Gasteiger partial charge in [-0.05, 0) is 13.3 Å². The molecular formula is C11H20N2O5S. The van der Waals surface area contributed by atoms with Crippen LogP contribution in [0.5, 0.6) is 0 Å². The van der Waals surface area contributed by atoms with E-state index in [1.165, 1.54) is 0 Å². The van der Waals surface area contributed by atoms with Crippen molar-refractivity contribution in [1.82, 2.24) is 10.6 Å². The first-order valence-electron chi connectivity index (χ1n) is 6.23. The molecule has 2 unspecified atom stereocenters. The van der Waals surface area contributed by atoms with Gasteiger partial charge in [0.2, 0.25) is 5.91 Å². The smallest absolute Gasteiger partial charge is 0.303 e. The molecule has 0 aliphatic carbocycles. The third-order valence-electron chi connectivity index (χ3n) is 2.93. The lowest BCUT2D eigenvalue weighted by molar-refractivity contribution is -0.137. The van der Waals surface area contributed by atoms with Crippen molar-refractivity contribution in [2.24, 2.45) is 0 Å². The normalized spacial score (nSPS) is 23.5. The van der Waals surface area contributed by atoms with Crippen LogP contribution in [-0.2, 0) is 19.4 Å². The lowest BCUT2D eigenvalue weighted by atomic mass is 10.1. The Morgan fingerprint density at radius 3 is 2.74 bits per heavy atom. The molecule has 110 valence electrons. The fourth-order valence-electron chi connectivity index (χ4n) is 1.97. The molecule has 1 aliphatic heterocycles. The van der Waals surface area contributed by atoms with Crippen LogP contribution in [0.2, 0.25) is 0 Å². The van der Waals surface area contributed by atoms with Crippen LogP contribution in [-0.4, -0.2) is 55.5 Å². The molecule has 0 aromatic heterocycles. The van der Waals surface area contributed by atoms with Crippen molar-refractivity contribution in [1.29, 1.82) is 0 Å². The van der Waals surface area contributed by atoms with E-state index >= 15 is 0 Å². The molecule has 1 heterocycles. The highest BCUT2D eigenvalue weighted by molar-refractivity contribution is 7.91. The second kappa shape index (κ2) is 6.85. The van der Waals surface area contributed by atoms with Gasteiger partial charge in [0.25, 0.3) is 0 Å². The molecule has 3 N–H and O–H groups in total. The van der Waals surface area contributed by atoms with E-state index < -0.39 is 15.8 Å². The molecule has 0 aromatic carbocycles. The lowest BCUT2D eigenvalue weighted by Gasteiger charge is -2.23. The van der Waals surface area contributed by atoms with Crippen molar-refractivity contribution in [2.45, 2.75) is 38.3 Å². The summed E-state index contributed by atoms with van der Waals surface area (Å²) in [5, 5.41) is 14.2. The largest absolute Gasteiger partial charge is 0.481 e. The van der Waals surface area contributed by atoms with E-state index in [0.29, 0.717) is 13.0 Å². The second-order valence-electron chi connectivity index (χ2n) is 4.87. The molecule has 19 heavy (non-hydrogen) atoms. The van der Waals surface area contributed by atoms with E-state index in [4.69, 9.17) is 5.11 Å².